The van der Waals surface area contributed by atoms with Crippen LogP contribution in [0.2, 0.25) is 0 Å². The second-order valence-electron chi connectivity index (χ2n) is 6.46. The van der Waals surface area contributed by atoms with Crippen molar-refractivity contribution in [1.29, 1.82) is 0 Å². The van der Waals surface area contributed by atoms with Crippen LogP contribution in [-0.4, -0.2) is 43.1 Å². The Morgan fingerprint density at radius 1 is 1.27 bits per heavy atom. The Labute approximate surface area is 150 Å². The van der Waals surface area contributed by atoms with Gasteiger partial charge in [0.15, 0.2) is 5.82 Å². The zero-order valence-electron chi connectivity index (χ0n) is 14.8. The van der Waals surface area contributed by atoms with Crippen LogP contribution in [0.5, 0.6) is 0 Å². The maximum atomic E-state index is 13.7. The predicted octanol–water partition coefficient (Wildman–Crippen LogP) is 2.60. The molecule has 1 amide bonds. The van der Waals surface area contributed by atoms with Crippen LogP contribution in [0.15, 0.2) is 24.4 Å². The summed E-state index contributed by atoms with van der Waals surface area (Å²) in [6, 6.07) is 3.16. The topological polar surface area (TPSA) is 61.4 Å². The molecule has 0 bridgehead atoms. The van der Waals surface area contributed by atoms with Crippen LogP contribution >= 0.6 is 0 Å². The van der Waals surface area contributed by atoms with Crippen molar-refractivity contribution in [3.05, 3.63) is 41.6 Å². The molecule has 0 atom stereocenters. The standard InChI is InChI=1S/C18H21F2N5O/c1-24(2)17-15(11-21-18(23-17)25-7-3-4-8-25)22-16(26)9-12-5-6-13(19)10-14(12)20/h5-6,10-11H,3-4,7-9H2,1-2H3,(H,22,26). The molecule has 8 heteroatoms. The molecule has 0 spiro atoms. The van der Waals surface area contributed by atoms with E-state index >= 15 is 0 Å². The molecule has 0 radical (unpaired) electrons. The quantitative estimate of drug-likeness (QED) is 0.887. The molecular formula is C18H21F2N5O. The van der Waals surface area contributed by atoms with Crippen molar-refractivity contribution < 1.29 is 13.6 Å². The van der Waals surface area contributed by atoms with Gasteiger partial charge in [-0.1, -0.05) is 6.07 Å². The van der Waals surface area contributed by atoms with Gasteiger partial charge >= 0.3 is 0 Å². The van der Waals surface area contributed by atoms with Crippen molar-refractivity contribution in [2.24, 2.45) is 0 Å². The van der Waals surface area contributed by atoms with Crippen molar-refractivity contribution in [1.82, 2.24) is 9.97 Å². The molecule has 2 aromatic rings. The monoisotopic (exact) mass is 361 g/mol. The minimum Gasteiger partial charge on any atom is -0.361 e. The predicted molar refractivity (Wildman–Crippen MR) is 96.5 cm³/mol. The maximum absolute atomic E-state index is 13.7. The van der Waals surface area contributed by atoms with E-state index < -0.39 is 17.5 Å². The van der Waals surface area contributed by atoms with Crippen molar-refractivity contribution in [3.8, 4) is 0 Å². The number of aromatic nitrogens is 2. The maximum Gasteiger partial charge on any atom is 0.229 e. The SMILES string of the molecule is CN(C)c1nc(N2CCCC2)ncc1NC(=O)Cc1ccc(F)cc1F. The summed E-state index contributed by atoms with van der Waals surface area (Å²) in [6.07, 6.45) is 3.59. The third-order valence-corrected chi connectivity index (χ3v) is 4.21. The lowest BCUT2D eigenvalue weighted by Crippen LogP contribution is -2.24. The van der Waals surface area contributed by atoms with E-state index in [0.717, 1.165) is 38.1 Å². The molecule has 0 unspecified atom stereocenters. The lowest BCUT2D eigenvalue weighted by atomic mass is 10.1. The second-order valence-corrected chi connectivity index (χ2v) is 6.46. The summed E-state index contributed by atoms with van der Waals surface area (Å²) >= 11 is 0. The molecule has 2 heterocycles. The number of halogens is 2. The number of carbonyl (C=O) groups excluding carboxylic acids is 1. The number of nitrogens with zero attached hydrogens (tertiary/aromatic N) is 4. The van der Waals surface area contributed by atoms with E-state index in [1.807, 2.05) is 14.1 Å². The van der Waals surface area contributed by atoms with Gasteiger partial charge in [-0.05, 0) is 24.5 Å². The third kappa shape index (κ3) is 4.07. The number of benzene rings is 1. The minimum absolute atomic E-state index is 0.130. The first-order valence-corrected chi connectivity index (χ1v) is 8.47. The lowest BCUT2D eigenvalue weighted by Gasteiger charge is -2.21. The first-order valence-electron chi connectivity index (χ1n) is 8.47. The van der Waals surface area contributed by atoms with E-state index in [0.29, 0.717) is 17.5 Å². The summed E-state index contributed by atoms with van der Waals surface area (Å²) in [7, 11) is 3.65. The Morgan fingerprint density at radius 3 is 2.65 bits per heavy atom. The molecule has 1 aromatic carbocycles. The van der Waals surface area contributed by atoms with E-state index in [1.54, 1.807) is 11.1 Å². The molecule has 0 saturated carbocycles. The van der Waals surface area contributed by atoms with Crippen molar-refractivity contribution >= 4 is 23.4 Å². The van der Waals surface area contributed by atoms with Gasteiger partial charge in [-0.25, -0.2) is 13.8 Å². The molecule has 1 aliphatic rings. The van der Waals surface area contributed by atoms with Crippen molar-refractivity contribution in [3.63, 3.8) is 0 Å². The minimum atomic E-state index is -0.742. The second kappa shape index (κ2) is 7.63. The summed E-state index contributed by atoms with van der Waals surface area (Å²) in [5.41, 5.74) is 0.579. The average Bonchev–Trinajstić information content (AvgIpc) is 3.12. The first-order chi connectivity index (χ1) is 12.4. The molecule has 26 heavy (non-hydrogen) atoms. The van der Waals surface area contributed by atoms with Crippen molar-refractivity contribution in [2.45, 2.75) is 19.3 Å². The third-order valence-electron chi connectivity index (χ3n) is 4.21. The zero-order valence-corrected chi connectivity index (χ0v) is 14.8. The summed E-state index contributed by atoms with van der Waals surface area (Å²) in [5.74, 6) is -0.624. The van der Waals surface area contributed by atoms with Gasteiger partial charge < -0.3 is 15.1 Å². The van der Waals surface area contributed by atoms with Crippen LogP contribution in [0.3, 0.4) is 0 Å². The number of rotatable bonds is 5. The highest BCUT2D eigenvalue weighted by molar-refractivity contribution is 5.94. The summed E-state index contributed by atoms with van der Waals surface area (Å²) in [5, 5.41) is 2.72. The highest BCUT2D eigenvalue weighted by atomic mass is 19.1. The molecule has 0 aliphatic carbocycles. The zero-order chi connectivity index (χ0) is 18.7. The molecule has 138 valence electrons. The normalized spacial score (nSPS) is 13.8. The molecular weight excluding hydrogens is 340 g/mol. The molecule has 6 nitrogen and oxygen atoms in total. The van der Waals surface area contributed by atoms with E-state index in [4.69, 9.17) is 0 Å². The van der Waals surface area contributed by atoms with Crippen LogP contribution in [0.4, 0.5) is 26.2 Å². The van der Waals surface area contributed by atoms with Gasteiger partial charge in [-0.2, -0.15) is 4.98 Å². The smallest absolute Gasteiger partial charge is 0.229 e. The molecule has 1 aromatic heterocycles. The molecule has 3 rings (SSSR count). The Kier molecular flexibility index (Phi) is 5.29. The fraction of sp³-hybridized carbons (Fsp3) is 0.389. The van der Waals surface area contributed by atoms with Gasteiger partial charge in [0.2, 0.25) is 11.9 Å². The average molecular weight is 361 g/mol. The van der Waals surface area contributed by atoms with Crippen LogP contribution in [0.1, 0.15) is 18.4 Å². The Bertz CT molecular complexity index is 806. The van der Waals surface area contributed by atoms with E-state index in [2.05, 4.69) is 20.2 Å². The Balaban J connectivity index is 1.76. The van der Waals surface area contributed by atoms with Gasteiger partial charge in [0, 0.05) is 33.3 Å². The number of nitrogens with one attached hydrogen (secondary N) is 1. The van der Waals surface area contributed by atoms with Crippen LogP contribution in [0.25, 0.3) is 0 Å². The van der Waals surface area contributed by atoms with E-state index in [1.165, 1.54) is 6.07 Å². The van der Waals surface area contributed by atoms with Gasteiger partial charge in [0.1, 0.15) is 17.3 Å². The Morgan fingerprint density at radius 2 is 2.00 bits per heavy atom. The first kappa shape index (κ1) is 18.0. The number of hydrogen-bond acceptors (Lipinski definition) is 5. The summed E-state index contributed by atoms with van der Waals surface area (Å²) in [4.78, 5) is 25.1. The largest absolute Gasteiger partial charge is 0.361 e. The molecule has 1 aliphatic heterocycles. The number of amides is 1. The fourth-order valence-electron chi connectivity index (χ4n) is 2.89. The number of anilines is 3. The van der Waals surface area contributed by atoms with E-state index in [-0.39, 0.29) is 12.0 Å². The number of carbonyl (C=O) groups is 1. The molecule has 1 saturated heterocycles. The molecule has 1 fully saturated rings. The fourth-order valence-corrected chi connectivity index (χ4v) is 2.89. The highest BCUT2D eigenvalue weighted by Gasteiger charge is 2.19. The van der Waals surface area contributed by atoms with Gasteiger partial charge in [-0.3, -0.25) is 4.79 Å². The van der Waals surface area contributed by atoms with Gasteiger partial charge in [0.25, 0.3) is 0 Å². The van der Waals surface area contributed by atoms with Gasteiger partial charge in [0.05, 0.1) is 12.6 Å². The van der Waals surface area contributed by atoms with Crippen LogP contribution in [0, 0.1) is 11.6 Å². The van der Waals surface area contributed by atoms with Crippen LogP contribution < -0.4 is 15.1 Å². The summed E-state index contributed by atoms with van der Waals surface area (Å²) in [6.45, 7) is 1.84. The Hall–Kier alpha value is -2.77. The highest BCUT2D eigenvalue weighted by Crippen LogP contribution is 2.25. The van der Waals surface area contributed by atoms with Crippen molar-refractivity contribution in [2.75, 3.05) is 42.3 Å². The number of hydrogen-bond donors (Lipinski definition) is 1. The lowest BCUT2D eigenvalue weighted by molar-refractivity contribution is -0.115. The van der Waals surface area contributed by atoms with Crippen LogP contribution in [-0.2, 0) is 11.2 Å². The summed E-state index contributed by atoms with van der Waals surface area (Å²) < 4.78 is 26.7. The van der Waals surface area contributed by atoms with Gasteiger partial charge in [-0.15, -0.1) is 0 Å². The molecule has 1 N–H and O–H groups in total. The van der Waals surface area contributed by atoms with E-state index in [9.17, 15) is 13.6 Å².